The average molecular weight is 326 g/mol. The van der Waals surface area contributed by atoms with Crippen molar-refractivity contribution in [2.24, 2.45) is 0 Å². The molecule has 104 valence electrons. The molecule has 0 saturated carbocycles. The summed E-state index contributed by atoms with van der Waals surface area (Å²) in [5.41, 5.74) is 5.81. The minimum absolute atomic E-state index is 0.538. The van der Waals surface area contributed by atoms with Gasteiger partial charge in [0.2, 0.25) is 0 Å². The number of hydrogen-bond donors (Lipinski definition) is 0. The Labute approximate surface area is 132 Å². The van der Waals surface area contributed by atoms with Crippen molar-refractivity contribution in [2.45, 2.75) is 44.2 Å². The molecule has 0 fully saturated rings. The molecule has 20 heavy (non-hydrogen) atoms. The van der Waals surface area contributed by atoms with Gasteiger partial charge in [-0.05, 0) is 0 Å². The van der Waals surface area contributed by atoms with Crippen LogP contribution in [0, 0.1) is 13.8 Å². The van der Waals surface area contributed by atoms with Crippen molar-refractivity contribution in [3.63, 3.8) is 0 Å². The molecule has 0 saturated heterocycles. The zero-order chi connectivity index (χ0) is 14.4. The molecular weight excluding hydrogens is 303 g/mol. The molecule has 2 rings (SSSR count). The first-order chi connectivity index (χ1) is 9.74. The summed E-state index contributed by atoms with van der Waals surface area (Å²) in [5, 5.41) is 1.22. The van der Waals surface area contributed by atoms with Gasteiger partial charge in [-0.25, -0.2) is 0 Å². The van der Waals surface area contributed by atoms with E-state index in [0.717, 1.165) is 0 Å². The zero-order valence-corrected chi connectivity index (χ0v) is 14.3. The fourth-order valence-corrected chi connectivity index (χ4v) is 3.36. The van der Waals surface area contributed by atoms with Crippen LogP contribution in [0.15, 0.2) is 48.5 Å². The maximum atomic E-state index is 2.70. The molecule has 0 heterocycles. The Hall–Kier alpha value is -1.00. The number of unbranched alkanes of at least 4 members (excludes halogenated alkanes) is 1. The van der Waals surface area contributed by atoms with Crippen LogP contribution in [0.25, 0.3) is 0 Å². The van der Waals surface area contributed by atoms with Crippen LogP contribution >= 0.6 is 0 Å². The molecule has 0 aliphatic carbocycles. The van der Waals surface area contributed by atoms with E-state index in [9.17, 15) is 0 Å². The molecule has 2 radical (unpaired) electrons. The summed E-state index contributed by atoms with van der Waals surface area (Å²) in [4.78, 5) is 0. The molecule has 0 amide bonds. The molecular formula is C19H23As. The molecule has 0 N–H and O–H groups in total. The predicted octanol–water partition coefficient (Wildman–Crippen LogP) is 5.19. The van der Waals surface area contributed by atoms with E-state index in [1.54, 1.807) is 0 Å². The Bertz CT molecular complexity index is 499. The number of aryl methyl sites for hydroxylation is 2. The summed E-state index contributed by atoms with van der Waals surface area (Å²) in [7, 11) is 0. The van der Waals surface area contributed by atoms with Gasteiger partial charge < -0.3 is 0 Å². The molecule has 0 aliphatic rings. The normalized spacial score (nSPS) is 11.0. The standard InChI is InChI=1S/C19H23As/c1-15-9-3-5-11-17(15)19(13-7-8-14-20)18-12-6-4-10-16(18)2/h3-6,9-12,19H,7-8,13-14H2,1-2H3. The molecule has 2 aromatic rings. The topological polar surface area (TPSA) is 0 Å². The first-order valence-electron chi connectivity index (χ1n) is 7.46. The quantitative estimate of drug-likeness (QED) is 0.506. The Morgan fingerprint density at radius 1 is 0.800 bits per heavy atom. The van der Waals surface area contributed by atoms with E-state index in [0.29, 0.717) is 5.92 Å². The van der Waals surface area contributed by atoms with Gasteiger partial charge in [0.15, 0.2) is 0 Å². The van der Waals surface area contributed by atoms with Gasteiger partial charge in [-0.15, -0.1) is 0 Å². The Morgan fingerprint density at radius 2 is 1.30 bits per heavy atom. The van der Waals surface area contributed by atoms with E-state index in [2.05, 4.69) is 79.2 Å². The fraction of sp³-hybridized carbons (Fsp3) is 0.368. The molecule has 0 spiro atoms. The molecule has 0 aliphatic heterocycles. The van der Waals surface area contributed by atoms with Gasteiger partial charge in [0.05, 0.1) is 0 Å². The van der Waals surface area contributed by atoms with Crippen LogP contribution in [0.3, 0.4) is 0 Å². The Balaban J connectivity index is 2.35. The van der Waals surface area contributed by atoms with E-state index in [1.807, 2.05) is 0 Å². The first-order valence-corrected chi connectivity index (χ1v) is 8.78. The molecule has 0 atom stereocenters. The third kappa shape index (κ3) is 3.76. The Morgan fingerprint density at radius 3 is 1.75 bits per heavy atom. The van der Waals surface area contributed by atoms with E-state index in [1.165, 1.54) is 46.7 Å². The van der Waals surface area contributed by atoms with Gasteiger partial charge in [-0.2, -0.15) is 0 Å². The van der Waals surface area contributed by atoms with E-state index < -0.39 is 0 Å². The van der Waals surface area contributed by atoms with Crippen molar-refractivity contribution in [1.29, 1.82) is 0 Å². The van der Waals surface area contributed by atoms with Gasteiger partial charge in [0.1, 0.15) is 0 Å². The third-order valence-electron chi connectivity index (χ3n) is 4.03. The minimum atomic E-state index is 0.538. The predicted molar refractivity (Wildman–Crippen MR) is 88.6 cm³/mol. The number of hydrogen-bond acceptors (Lipinski definition) is 0. The number of rotatable bonds is 6. The molecule has 1 heteroatoms. The van der Waals surface area contributed by atoms with Crippen LogP contribution in [-0.4, -0.2) is 16.9 Å². The second-order valence-corrected chi connectivity index (χ2v) is 6.42. The van der Waals surface area contributed by atoms with E-state index in [-0.39, 0.29) is 0 Å². The first kappa shape index (κ1) is 15.4. The molecule has 2 aromatic carbocycles. The molecule has 0 bridgehead atoms. The van der Waals surface area contributed by atoms with Crippen molar-refractivity contribution >= 4 is 16.9 Å². The summed E-state index contributed by atoms with van der Waals surface area (Å²) in [5.74, 6) is 0.538. The van der Waals surface area contributed by atoms with Gasteiger partial charge >= 0.3 is 132 Å². The summed E-state index contributed by atoms with van der Waals surface area (Å²) in [6.45, 7) is 4.47. The molecule has 0 nitrogen and oxygen atoms in total. The number of benzene rings is 2. The molecule has 0 unspecified atom stereocenters. The van der Waals surface area contributed by atoms with E-state index in [4.69, 9.17) is 0 Å². The van der Waals surface area contributed by atoms with Gasteiger partial charge in [0.25, 0.3) is 0 Å². The van der Waals surface area contributed by atoms with Crippen molar-refractivity contribution in [2.75, 3.05) is 0 Å². The van der Waals surface area contributed by atoms with Crippen LogP contribution in [0.4, 0.5) is 0 Å². The summed E-state index contributed by atoms with van der Waals surface area (Å²) < 4.78 is 0. The maximum absolute atomic E-state index is 2.70. The fourth-order valence-electron chi connectivity index (χ4n) is 2.89. The van der Waals surface area contributed by atoms with Crippen molar-refractivity contribution in [3.8, 4) is 0 Å². The van der Waals surface area contributed by atoms with Crippen molar-refractivity contribution < 1.29 is 0 Å². The van der Waals surface area contributed by atoms with Crippen LogP contribution in [0.5, 0.6) is 0 Å². The van der Waals surface area contributed by atoms with Crippen LogP contribution in [0.2, 0.25) is 5.21 Å². The van der Waals surface area contributed by atoms with Crippen LogP contribution in [0.1, 0.15) is 47.4 Å². The van der Waals surface area contributed by atoms with Crippen LogP contribution < -0.4 is 0 Å². The van der Waals surface area contributed by atoms with Gasteiger partial charge in [0, 0.05) is 0 Å². The summed E-state index contributed by atoms with van der Waals surface area (Å²) in [6, 6.07) is 17.7. The molecule has 0 aromatic heterocycles. The Kier molecular flexibility index (Phi) is 5.92. The van der Waals surface area contributed by atoms with Crippen molar-refractivity contribution in [1.82, 2.24) is 0 Å². The van der Waals surface area contributed by atoms with Crippen molar-refractivity contribution in [3.05, 3.63) is 70.8 Å². The second kappa shape index (κ2) is 7.69. The zero-order valence-electron chi connectivity index (χ0n) is 12.5. The van der Waals surface area contributed by atoms with Gasteiger partial charge in [-0.1, -0.05) is 0 Å². The third-order valence-corrected chi connectivity index (χ3v) is 4.69. The monoisotopic (exact) mass is 326 g/mol. The van der Waals surface area contributed by atoms with Crippen LogP contribution in [-0.2, 0) is 0 Å². The van der Waals surface area contributed by atoms with Gasteiger partial charge in [-0.3, -0.25) is 0 Å². The van der Waals surface area contributed by atoms with E-state index >= 15 is 0 Å². The summed E-state index contributed by atoms with van der Waals surface area (Å²) >= 11 is 2.70. The summed E-state index contributed by atoms with van der Waals surface area (Å²) in [6.07, 6.45) is 3.84. The SMILES string of the molecule is Cc1ccccc1C(CCCC[As])c1ccccc1C. The average Bonchev–Trinajstić information content (AvgIpc) is 2.46. The second-order valence-electron chi connectivity index (χ2n) is 5.49.